The number of aryl methyl sites for hydroxylation is 2. The van der Waals surface area contributed by atoms with Crippen molar-refractivity contribution in [1.82, 2.24) is 9.13 Å². The van der Waals surface area contributed by atoms with Crippen LogP contribution in [0.3, 0.4) is 0 Å². The Morgan fingerprint density at radius 1 is 0.448 bits per heavy atom. The third kappa shape index (κ3) is 12.2. The van der Waals surface area contributed by atoms with Gasteiger partial charge in [-0.3, -0.25) is 0 Å². The van der Waals surface area contributed by atoms with Gasteiger partial charge in [0.1, 0.15) is 49.4 Å². The Morgan fingerprint density at radius 2 is 0.793 bits per heavy atom. The number of rotatable bonds is 27. The van der Waals surface area contributed by atoms with Crippen LogP contribution in [0.4, 0.5) is 0 Å². The molecule has 0 aliphatic carbocycles. The van der Waals surface area contributed by atoms with Crippen molar-refractivity contribution in [3.05, 3.63) is 109 Å². The van der Waals surface area contributed by atoms with Gasteiger partial charge in [-0.05, 0) is 59.4 Å². The monoisotopic (exact) mass is 785 g/mol. The molecular formula is C52H72N4O2+2. The molecule has 0 amide bonds. The molecule has 6 nitrogen and oxygen atoms in total. The molecule has 6 heteroatoms. The number of unbranched alkanes of at least 4 members (excludes halogenated alkanes) is 18. The first-order valence-corrected chi connectivity index (χ1v) is 23.1. The third-order valence-electron chi connectivity index (χ3n) is 12.2. The molecule has 0 fully saturated rings. The van der Waals surface area contributed by atoms with E-state index >= 15 is 0 Å². The van der Waals surface area contributed by atoms with Gasteiger partial charge in [0.05, 0.1) is 13.1 Å². The highest BCUT2D eigenvalue weighted by atomic mass is 16.3. The average molecular weight is 785 g/mol. The summed E-state index contributed by atoms with van der Waals surface area (Å²) >= 11 is 0. The van der Waals surface area contributed by atoms with Crippen molar-refractivity contribution in [2.75, 3.05) is 0 Å². The molecule has 0 atom stereocenters. The Kier molecular flexibility index (Phi) is 17.1. The number of benzene rings is 4. The van der Waals surface area contributed by atoms with Gasteiger partial charge in [0.25, 0.3) is 0 Å². The maximum atomic E-state index is 12.2. The van der Waals surface area contributed by atoms with E-state index in [-0.39, 0.29) is 11.5 Å². The fourth-order valence-corrected chi connectivity index (χ4v) is 8.82. The molecule has 0 unspecified atom stereocenters. The van der Waals surface area contributed by atoms with Crippen LogP contribution in [0.15, 0.2) is 98.1 Å². The van der Waals surface area contributed by atoms with Crippen molar-refractivity contribution in [3.63, 3.8) is 0 Å². The predicted octanol–water partition coefficient (Wildman–Crippen LogP) is 13.2. The summed E-state index contributed by atoms with van der Waals surface area (Å²) in [6.07, 6.45) is 39.5. The lowest BCUT2D eigenvalue weighted by molar-refractivity contribution is -0.688. The minimum Gasteiger partial charge on any atom is -0.507 e. The zero-order chi connectivity index (χ0) is 40.4. The molecular weight excluding hydrogens is 713 g/mol. The molecule has 6 rings (SSSR count). The molecule has 2 N–H and O–H groups in total. The van der Waals surface area contributed by atoms with E-state index in [2.05, 4.69) is 106 Å². The fraction of sp³-hybridized carbons (Fsp3) is 0.500. The molecule has 0 saturated heterocycles. The van der Waals surface area contributed by atoms with Crippen molar-refractivity contribution >= 4 is 21.5 Å². The number of phenolic OH excluding ortho intramolecular Hbond substituents is 2. The zero-order valence-corrected chi connectivity index (χ0v) is 35.9. The molecule has 2 heterocycles. The fourth-order valence-electron chi connectivity index (χ4n) is 8.82. The van der Waals surface area contributed by atoms with Crippen molar-refractivity contribution in [1.29, 1.82) is 0 Å². The molecule has 0 spiro atoms. The van der Waals surface area contributed by atoms with Crippen molar-refractivity contribution in [2.45, 2.75) is 168 Å². The molecule has 4 aromatic carbocycles. The topological polar surface area (TPSA) is 58.1 Å². The van der Waals surface area contributed by atoms with E-state index in [0.717, 1.165) is 45.8 Å². The van der Waals surface area contributed by atoms with Gasteiger partial charge in [0, 0.05) is 22.3 Å². The average Bonchev–Trinajstić information content (AvgIpc) is 3.89. The van der Waals surface area contributed by atoms with Crippen molar-refractivity contribution < 1.29 is 19.3 Å². The number of hydrogen-bond donors (Lipinski definition) is 2. The first kappa shape index (κ1) is 43.0. The summed E-state index contributed by atoms with van der Waals surface area (Å²) in [6, 6.07) is 20.7. The molecule has 2 aromatic heterocycles. The second kappa shape index (κ2) is 23.1. The number of nitrogens with zero attached hydrogens (tertiary/aromatic N) is 4. The van der Waals surface area contributed by atoms with Crippen LogP contribution in [0.1, 0.15) is 153 Å². The van der Waals surface area contributed by atoms with Crippen LogP contribution in [0.5, 0.6) is 11.5 Å². The van der Waals surface area contributed by atoms with Gasteiger partial charge >= 0.3 is 0 Å². The number of phenols is 2. The first-order valence-electron chi connectivity index (χ1n) is 23.1. The lowest BCUT2D eigenvalue weighted by Crippen LogP contribution is -2.31. The summed E-state index contributed by atoms with van der Waals surface area (Å²) in [5.41, 5.74) is 3.06. The van der Waals surface area contributed by atoms with Crippen molar-refractivity contribution in [3.8, 4) is 22.6 Å². The van der Waals surface area contributed by atoms with E-state index in [9.17, 15) is 10.2 Å². The molecule has 6 aromatic rings. The summed E-state index contributed by atoms with van der Waals surface area (Å²) in [7, 11) is 0. The molecule has 0 aliphatic heterocycles. The first-order chi connectivity index (χ1) is 28.6. The van der Waals surface area contributed by atoms with Gasteiger partial charge in [0.2, 0.25) is 12.7 Å². The second-order valence-corrected chi connectivity index (χ2v) is 17.0. The molecule has 58 heavy (non-hydrogen) atoms. The van der Waals surface area contributed by atoms with Gasteiger partial charge in [-0.25, -0.2) is 18.3 Å². The minimum absolute atomic E-state index is 0.224. The Hall–Kier alpha value is -4.58. The number of imidazole rings is 2. The van der Waals surface area contributed by atoms with E-state index < -0.39 is 0 Å². The number of hydrogen-bond acceptors (Lipinski definition) is 2. The summed E-state index contributed by atoms with van der Waals surface area (Å²) in [5.74, 6) is 0.447. The minimum atomic E-state index is 0.224. The summed E-state index contributed by atoms with van der Waals surface area (Å²) in [4.78, 5) is 0. The van der Waals surface area contributed by atoms with Gasteiger partial charge in [-0.2, -0.15) is 0 Å². The van der Waals surface area contributed by atoms with Crippen LogP contribution in [0.2, 0.25) is 0 Å². The second-order valence-electron chi connectivity index (χ2n) is 17.0. The highest BCUT2D eigenvalue weighted by Gasteiger charge is 2.24. The smallest absolute Gasteiger partial charge is 0.244 e. The number of aromatic hydroxyl groups is 2. The summed E-state index contributed by atoms with van der Waals surface area (Å²) < 4.78 is 8.87. The van der Waals surface area contributed by atoms with Crippen LogP contribution in [0.25, 0.3) is 32.7 Å². The lowest BCUT2D eigenvalue weighted by Gasteiger charge is -2.18. The van der Waals surface area contributed by atoms with Crippen LogP contribution in [-0.2, 0) is 26.2 Å². The highest BCUT2D eigenvalue weighted by molar-refractivity contribution is 6.10. The normalized spacial score (nSPS) is 11.7. The van der Waals surface area contributed by atoms with Gasteiger partial charge in [-0.1, -0.05) is 165 Å². The Balaban J connectivity index is 1.14. The maximum Gasteiger partial charge on any atom is 0.244 e. The Morgan fingerprint density at radius 3 is 1.17 bits per heavy atom. The summed E-state index contributed by atoms with van der Waals surface area (Å²) in [5, 5.41) is 28.4. The SMILES string of the molecule is CCCCCCCCCCCCn1cc[n+](Cc2cc3ccccc3c(-c3c(O)c(C[n+]4ccn(CCCCCCCCCCCC)c4)cc4ccccc34)c2O)c1. The third-order valence-corrected chi connectivity index (χ3v) is 12.2. The number of fused-ring (bicyclic) bond motifs is 2. The zero-order valence-electron chi connectivity index (χ0n) is 35.9. The predicted molar refractivity (Wildman–Crippen MR) is 241 cm³/mol. The van der Waals surface area contributed by atoms with E-state index in [1.54, 1.807) is 0 Å². The highest BCUT2D eigenvalue weighted by Crippen LogP contribution is 2.47. The van der Waals surface area contributed by atoms with Gasteiger partial charge < -0.3 is 10.2 Å². The largest absolute Gasteiger partial charge is 0.507 e. The quantitative estimate of drug-likeness (QED) is 0.0404. The van der Waals surface area contributed by atoms with Gasteiger partial charge in [-0.15, -0.1) is 0 Å². The van der Waals surface area contributed by atoms with Crippen LogP contribution >= 0.6 is 0 Å². The number of aromatic nitrogens is 4. The molecule has 0 aliphatic rings. The summed E-state index contributed by atoms with van der Waals surface area (Å²) in [6.45, 7) is 7.65. The molecule has 310 valence electrons. The van der Waals surface area contributed by atoms with Crippen LogP contribution < -0.4 is 9.13 Å². The van der Waals surface area contributed by atoms with Gasteiger partial charge in [0.15, 0.2) is 0 Å². The Bertz CT molecular complexity index is 1980. The van der Waals surface area contributed by atoms with Crippen LogP contribution in [-0.4, -0.2) is 19.3 Å². The van der Waals surface area contributed by atoms with Crippen LogP contribution in [0, 0.1) is 0 Å². The standard InChI is InChI=1S/C52H70N4O2/c1-3-5-7-9-11-13-15-17-19-25-31-53-33-35-55(41-53)39-45-37-43-27-21-23-29-47(43)49(51(45)57)50-48-30-24-22-28-44(48)38-46(52(50)58)40-56-36-34-54(42-56)32-26-20-18-16-14-12-10-8-6-4-2/h21-24,27-30,33-38,41-42H,3-20,25-26,31-32,39-40H2,1-2H3/p+2. The molecule has 0 saturated carbocycles. The van der Waals surface area contributed by atoms with E-state index in [1.165, 1.54) is 128 Å². The van der Waals surface area contributed by atoms with Crippen molar-refractivity contribution in [2.24, 2.45) is 0 Å². The molecule has 0 bridgehead atoms. The Labute approximate surface area is 349 Å². The van der Waals surface area contributed by atoms with E-state index in [4.69, 9.17) is 0 Å². The van der Waals surface area contributed by atoms with E-state index in [1.807, 2.05) is 24.3 Å². The maximum absolute atomic E-state index is 12.2. The van der Waals surface area contributed by atoms with E-state index in [0.29, 0.717) is 24.2 Å². The lowest BCUT2D eigenvalue weighted by atomic mass is 9.88. The molecule has 0 radical (unpaired) electrons.